The van der Waals surface area contributed by atoms with Gasteiger partial charge in [-0.1, -0.05) is 4.33 Å². The molecule has 0 saturated carbocycles. The quantitative estimate of drug-likeness (QED) is 0.388. The van der Waals surface area contributed by atoms with Gasteiger partial charge in [-0.15, -0.1) is 7.77 Å². The molecular weight excluding hydrogens is 189 g/mol. The topological polar surface area (TPSA) is 36.9 Å². The SMILES string of the molecule is COOC#CS(F)(F)OOF. The van der Waals surface area contributed by atoms with Crippen LogP contribution in [-0.4, -0.2) is 7.11 Å². The highest BCUT2D eigenvalue weighted by Gasteiger charge is 2.23. The molecule has 66 valence electrons. The van der Waals surface area contributed by atoms with Crippen LogP contribution in [0.2, 0.25) is 0 Å². The van der Waals surface area contributed by atoms with E-state index in [1.165, 1.54) is 6.11 Å². The summed E-state index contributed by atoms with van der Waals surface area (Å²) >= 11 is -4.87. The molecule has 4 nitrogen and oxygen atoms in total. The van der Waals surface area contributed by atoms with E-state index in [4.69, 9.17) is 0 Å². The van der Waals surface area contributed by atoms with E-state index in [1.54, 1.807) is 0 Å². The van der Waals surface area contributed by atoms with Gasteiger partial charge in [-0.2, -0.15) is 4.89 Å². The van der Waals surface area contributed by atoms with Gasteiger partial charge < -0.3 is 0 Å². The number of halogens is 3. The van der Waals surface area contributed by atoms with Gasteiger partial charge in [0.2, 0.25) is 0 Å². The van der Waals surface area contributed by atoms with Gasteiger partial charge in [0.05, 0.1) is 12.4 Å². The lowest BCUT2D eigenvalue weighted by molar-refractivity contribution is -0.366. The van der Waals surface area contributed by atoms with Gasteiger partial charge in [-0.25, -0.2) is 0 Å². The van der Waals surface area contributed by atoms with Crippen LogP contribution < -0.4 is 0 Å². The molecule has 0 amide bonds. The van der Waals surface area contributed by atoms with E-state index in [2.05, 4.69) is 19.2 Å². The molecule has 0 saturated heterocycles. The van der Waals surface area contributed by atoms with Gasteiger partial charge in [-0.05, 0) is 9.62 Å². The molecule has 0 bridgehead atoms. The van der Waals surface area contributed by atoms with Crippen LogP contribution >= 0.6 is 11.1 Å². The second-order valence-corrected chi connectivity index (χ2v) is 2.19. The van der Waals surface area contributed by atoms with Crippen LogP contribution in [0.3, 0.4) is 0 Å². The maximum absolute atomic E-state index is 11.9. The summed E-state index contributed by atoms with van der Waals surface area (Å²) in [5, 5.41) is 3.35. The standard InChI is InChI=1S/C3H3F3O4S/c1-7-8-2-3-11(5,6)10-9-4/h1H3. The lowest BCUT2D eigenvalue weighted by atomic mass is 11.3. The Morgan fingerprint density at radius 1 is 1.36 bits per heavy atom. The van der Waals surface area contributed by atoms with Crippen LogP contribution in [-0.2, 0) is 19.2 Å². The molecular formula is C3H3F3O4S. The van der Waals surface area contributed by atoms with E-state index < -0.39 is 11.1 Å². The van der Waals surface area contributed by atoms with Crippen LogP contribution in [0.5, 0.6) is 0 Å². The van der Waals surface area contributed by atoms with Crippen molar-refractivity contribution >= 4 is 11.1 Å². The predicted molar refractivity (Wildman–Crippen MR) is 29.0 cm³/mol. The maximum atomic E-state index is 11.9. The molecule has 0 rings (SSSR count). The number of hydrogen-bond donors (Lipinski definition) is 0. The summed E-state index contributed by atoms with van der Waals surface area (Å²) in [6, 6.07) is 0. The van der Waals surface area contributed by atoms with Crippen LogP contribution in [0, 0.1) is 11.4 Å². The first-order chi connectivity index (χ1) is 5.12. The summed E-state index contributed by atoms with van der Waals surface area (Å²) in [5.74, 6) is 0. The monoisotopic (exact) mass is 192 g/mol. The van der Waals surface area contributed by atoms with Gasteiger partial charge in [0.1, 0.15) is 0 Å². The Kier molecular flexibility index (Phi) is 4.80. The second kappa shape index (κ2) is 5.09. The second-order valence-electron chi connectivity index (χ2n) is 1.01. The van der Waals surface area contributed by atoms with E-state index >= 15 is 0 Å². The highest BCUT2D eigenvalue weighted by Crippen LogP contribution is 2.51. The zero-order valence-electron chi connectivity index (χ0n) is 5.18. The number of hydrogen-bond acceptors (Lipinski definition) is 4. The average molecular weight is 192 g/mol. The Hall–Kier alpha value is -0.620. The molecule has 0 aliphatic heterocycles. The van der Waals surface area contributed by atoms with Crippen LogP contribution in [0.1, 0.15) is 0 Å². The molecule has 8 heteroatoms. The fourth-order valence-corrected chi connectivity index (χ4v) is 0.386. The van der Waals surface area contributed by atoms with Gasteiger partial charge in [-0.3, -0.25) is 4.89 Å². The fraction of sp³-hybridized carbons (Fsp3) is 0.333. The van der Waals surface area contributed by atoms with Crippen molar-refractivity contribution in [2.45, 2.75) is 0 Å². The zero-order chi connectivity index (χ0) is 8.74. The largest absolute Gasteiger partial charge is 0.282 e. The average Bonchev–Trinajstić information content (AvgIpc) is 1.87. The lowest BCUT2D eigenvalue weighted by Gasteiger charge is -2.05. The summed E-state index contributed by atoms with van der Waals surface area (Å²) in [5.41, 5.74) is 0. The Balaban J connectivity index is 3.81. The third-order valence-electron chi connectivity index (χ3n) is 0.397. The molecule has 0 unspecified atom stereocenters. The van der Waals surface area contributed by atoms with E-state index in [0.717, 1.165) is 12.4 Å². The van der Waals surface area contributed by atoms with Crippen LogP contribution in [0.25, 0.3) is 0 Å². The Morgan fingerprint density at radius 2 is 2.00 bits per heavy atom. The van der Waals surface area contributed by atoms with Crippen molar-refractivity contribution in [1.82, 2.24) is 0 Å². The van der Waals surface area contributed by atoms with Crippen LogP contribution in [0.4, 0.5) is 12.3 Å². The lowest BCUT2D eigenvalue weighted by Crippen LogP contribution is -1.86. The minimum absolute atomic E-state index is 1.06. The molecule has 0 aliphatic carbocycles. The van der Waals surface area contributed by atoms with E-state index in [1.807, 2.05) is 0 Å². The highest BCUT2D eigenvalue weighted by molar-refractivity contribution is 8.25. The molecule has 0 heterocycles. The van der Waals surface area contributed by atoms with E-state index in [0.29, 0.717) is 0 Å². The summed E-state index contributed by atoms with van der Waals surface area (Å²) in [7, 11) is 1.06. The third kappa shape index (κ3) is 5.81. The number of rotatable bonds is 3. The Labute approximate surface area is 62.0 Å². The molecule has 0 fully saturated rings. The molecule has 0 radical (unpaired) electrons. The fourth-order valence-electron chi connectivity index (χ4n) is 0.156. The first-order valence-electron chi connectivity index (χ1n) is 2.03. The normalized spacial score (nSPS) is 11.6. The maximum Gasteiger partial charge on any atom is 0.274 e. The van der Waals surface area contributed by atoms with Crippen molar-refractivity contribution in [3.05, 3.63) is 0 Å². The minimum atomic E-state index is -4.87. The van der Waals surface area contributed by atoms with Gasteiger partial charge in [0, 0.05) is 0 Å². The molecule has 0 spiro atoms. The minimum Gasteiger partial charge on any atom is -0.282 e. The van der Waals surface area contributed by atoms with E-state index in [-0.39, 0.29) is 0 Å². The Bertz CT molecular complexity index is 164. The first kappa shape index (κ1) is 10.4. The third-order valence-corrected chi connectivity index (χ3v) is 0.940. The van der Waals surface area contributed by atoms with Gasteiger partial charge >= 0.3 is 0 Å². The molecule has 0 N–H and O–H groups in total. The van der Waals surface area contributed by atoms with Crippen molar-refractivity contribution in [2.75, 3.05) is 7.11 Å². The summed E-state index contributed by atoms with van der Waals surface area (Å²) in [4.78, 5) is 7.57. The summed E-state index contributed by atoms with van der Waals surface area (Å²) in [6.07, 6.45) is 1.40. The molecule has 0 aromatic rings. The van der Waals surface area contributed by atoms with Crippen molar-refractivity contribution in [3.8, 4) is 11.4 Å². The van der Waals surface area contributed by atoms with Gasteiger partial charge in [0.25, 0.3) is 11.1 Å². The molecule has 0 aromatic carbocycles. The van der Waals surface area contributed by atoms with Crippen LogP contribution in [0.15, 0.2) is 0 Å². The molecule has 11 heavy (non-hydrogen) atoms. The van der Waals surface area contributed by atoms with Gasteiger partial charge in [0.15, 0.2) is 6.11 Å². The zero-order valence-corrected chi connectivity index (χ0v) is 5.99. The van der Waals surface area contributed by atoms with Crippen molar-refractivity contribution in [3.63, 3.8) is 0 Å². The summed E-state index contributed by atoms with van der Waals surface area (Å²) in [6.45, 7) is 0. The molecule has 0 aliphatic rings. The van der Waals surface area contributed by atoms with Crippen molar-refractivity contribution in [1.29, 1.82) is 0 Å². The van der Waals surface area contributed by atoms with Crippen molar-refractivity contribution in [2.24, 2.45) is 0 Å². The first-order valence-corrected chi connectivity index (χ1v) is 3.39. The molecule has 0 atom stereocenters. The molecule has 0 aromatic heterocycles. The summed E-state index contributed by atoms with van der Waals surface area (Å²) < 4.78 is 37.4. The predicted octanol–water partition coefficient (Wildman–Crippen LogP) is 1.80. The Morgan fingerprint density at radius 3 is 2.45 bits per heavy atom. The highest BCUT2D eigenvalue weighted by atomic mass is 32.3. The van der Waals surface area contributed by atoms with Crippen molar-refractivity contribution < 1.29 is 31.5 Å². The smallest absolute Gasteiger partial charge is 0.274 e. The van der Waals surface area contributed by atoms with E-state index in [9.17, 15) is 12.3 Å².